The average molecular weight is 312 g/mol. The number of halogens is 2. The quantitative estimate of drug-likeness (QED) is 0.672. The fraction of sp³-hybridized carbons (Fsp3) is 0.214. The Labute approximate surface area is 127 Å². The van der Waals surface area contributed by atoms with E-state index in [1.165, 1.54) is 0 Å². The molecule has 3 N–H and O–H groups in total. The van der Waals surface area contributed by atoms with Crippen molar-refractivity contribution in [3.05, 3.63) is 57.3 Å². The average Bonchev–Trinajstić information content (AvgIpc) is 2.43. The summed E-state index contributed by atoms with van der Waals surface area (Å²) < 4.78 is 5.20. The summed E-state index contributed by atoms with van der Waals surface area (Å²) in [6.07, 6.45) is 1.55. The number of pyridine rings is 1. The molecule has 0 saturated carbocycles. The molecule has 1 aromatic heterocycles. The van der Waals surface area contributed by atoms with Gasteiger partial charge in [-0.05, 0) is 36.2 Å². The molecule has 0 aliphatic carbocycles. The Bertz CT molecular complexity index is 619. The van der Waals surface area contributed by atoms with Gasteiger partial charge in [0.15, 0.2) is 0 Å². The lowest BCUT2D eigenvalue weighted by molar-refractivity contribution is 0.414. The van der Waals surface area contributed by atoms with Gasteiger partial charge in [0, 0.05) is 6.20 Å². The van der Waals surface area contributed by atoms with Crippen molar-refractivity contribution in [2.24, 2.45) is 5.84 Å². The van der Waals surface area contributed by atoms with E-state index in [1.807, 2.05) is 25.1 Å². The minimum atomic E-state index is -0.314. The van der Waals surface area contributed by atoms with Crippen LogP contribution in [0.5, 0.6) is 5.75 Å². The number of nitrogens with zero attached hydrogens (tertiary/aromatic N) is 1. The summed E-state index contributed by atoms with van der Waals surface area (Å²) in [6.45, 7) is 1.98. The standard InChI is InChI=1S/C14H15Cl2N3O/c1-8-5-10(20-2)3-4-11(8)13(19-17)14-12(16)6-9(15)7-18-14/h3-7,13,19H,17H2,1-2H3. The van der Waals surface area contributed by atoms with E-state index < -0.39 is 0 Å². The van der Waals surface area contributed by atoms with Crippen molar-refractivity contribution in [3.63, 3.8) is 0 Å². The number of methoxy groups -OCH3 is 1. The summed E-state index contributed by atoms with van der Waals surface area (Å²) in [5.74, 6) is 6.46. The Morgan fingerprint density at radius 3 is 2.60 bits per heavy atom. The third kappa shape index (κ3) is 3.04. The number of nitrogens with one attached hydrogen (secondary N) is 1. The topological polar surface area (TPSA) is 60.2 Å². The van der Waals surface area contributed by atoms with Crippen molar-refractivity contribution in [1.82, 2.24) is 10.4 Å². The van der Waals surface area contributed by atoms with Crippen LogP contribution in [0.1, 0.15) is 22.9 Å². The van der Waals surface area contributed by atoms with Crippen LogP contribution in [0.4, 0.5) is 0 Å². The van der Waals surface area contributed by atoms with E-state index in [4.69, 9.17) is 33.8 Å². The Morgan fingerprint density at radius 1 is 1.30 bits per heavy atom. The van der Waals surface area contributed by atoms with Crippen molar-refractivity contribution >= 4 is 23.2 Å². The van der Waals surface area contributed by atoms with Crippen LogP contribution in [0.2, 0.25) is 10.0 Å². The zero-order valence-electron chi connectivity index (χ0n) is 11.2. The fourth-order valence-corrected chi connectivity index (χ4v) is 2.54. The summed E-state index contributed by atoms with van der Waals surface area (Å²) in [4.78, 5) is 4.27. The van der Waals surface area contributed by atoms with Gasteiger partial charge in [0.2, 0.25) is 0 Å². The summed E-state index contributed by atoms with van der Waals surface area (Å²) in [5, 5.41) is 0.955. The van der Waals surface area contributed by atoms with E-state index in [0.29, 0.717) is 15.7 Å². The van der Waals surface area contributed by atoms with Crippen LogP contribution in [-0.4, -0.2) is 12.1 Å². The maximum absolute atomic E-state index is 6.20. The number of aromatic nitrogens is 1. The largest absolute Gasteiger partial charge is 0.497 e. The second-order valence-electron chi connectivity index (χ2n) is 4.34. The summed E-state index contributed by atoms with van der Waals surface area (Å²) in [5.41, 5.74) is 5.38. The van der Waals surface area contributed by atoms with Crippen LogP contribution >= 0.6 is 23.2 Å². The van der Waals surface area contributed by atoms with Gasteiger partial charge in [-0.1, -0.05) is 29.3 Å². The number of benzene rings is 1. The van der Waals surface area contributed by atoms with Gasteiger partial charge < -0.3 is 4.74 Å². The molecule has 0 aliphatic heterocycles. The third-order valence-electron chi connectivity index (χ3n) is 3.06. The van der Waals surface area contributed by atoms with Crippen molar-refractivity contribution in [3.8, 4) is 5.75 Å². The minimum absolute atomic E-state index is 0.314. The molecule has 20 heavy (non-hydrogen) atoms. The minimum Gasteiger partial charge on any atom is -0.497 e. The normalized spacial score (nSPS) is 12.2. The van der Waals surface area contributed by atoms with E-state index >= 15 is 0 Å². The number of hydrazine groups is 1. The van der Waals surface area contributed by atoms with Gasteiger partial charge in [0.1, 0.15) is 5.75 Å². The number of ether oxygens (including phenoxy) is 1. The molecule has 0 amide bonds. The lowest BCUT2D eigenvalue weighted by Gasteiger charge is -2.19. The predicted octanol–water partition coefficient (Wildman–Crippen LogP) is 3.26. The van der Waals surface area contributed by atoms with Crippen LogP contribution in [0.15, 0.2) is 30.5 Å². The number of hydrogen-bond donors (Lipinski definition) is 2. The molecule has 106 valence electrons. The van der Waals surface area contributed by atoms with Crippen molar-refractivity contribution in [2.45, 2.75) is 13.0 Å². The van der Waals surface area contributed by atoms with Crippen LogP contribution in [0.3, 0.4) is 0 Å². The summed E-state index contributed by atoms with van der Waals surface area (Å²) in [7, 11) is 1.63. The molecule has 0 fully saturated rings. The van der Waals surface area contributed by atoms with Gasteiger partial charge >= 0.3 is 0 Å². The fourth-order valence-electron chi connectivity index (χ4n) is 2.05. The number of nitrogens with two attached hydrogens (primary N) is 1. The Morgan fingerprint density at radius 2 is 2.05 bits per heavy atom. The zero-order chi connectivity index (χ0) is 14.7. The van der Waals surface area contributed by atoms with Gasteiger partial charge in [0.05, 0.1) is 28.9 Å². The molecule has 2 rings (SSSR count). The molecule has 1 unspecified atom stereocenters. The summed E-state index contributed by atoms with van der Waals surface area (Å²) in [6, 6.07) is 7.07. The SMILES string of the molecule is COc1ccc(C(NN)c2ncc(Cl)cc2Cl)c(C)c1. The lowest BCUT2D eigenvalue weighted by atomic mass is 9.98. The van der Waals surface area contributed by atoms with E-state index in [2.05, 4.69) is 10.4 Å². The Hall–Kier alpha value is -1.33. The molecule has 1 heterocycles. The molecule has 0 spiro atoms. The number of rotatable bonds is 4. The molecular weight excluding hydrogens is 297 g/mol. The molecular formula is C14H15Cl2N3O. The first kappa shape index (κ1) is 15.1. The second kappa shape index (κ2) is 6.41. The monoisotopic (exact) mass is 311 g/mol. The van der Waals surface area contributed by atoms with E-state index in [9.17, 15) is 0 Å². The van der Waals surface area contributed by atoms with Crippen LogP contribution in [0, 0.1) is 6.92 Å². The molecule has 1 atom stereocenters. The van der Waals surface area contributed by atoms with Gasteiger partial charge in [-0.15, -0.1) is 0 Å². The highest BCUT2D eigenvalue weighted by atomic mass is 35.5. The molecule has 0 saturated heterocycles. The molecule has 2 aromatic rings. The molecule has 4 nitrogen and oxygen atoms in total. The van der Waals surface area contributed by atoms with E-state index in [0.717, 1.165) is 16.9 Å². The van der Waals surface area contributed by atoms with Gasteiger partial charge in [-0.25, -0.2) is 5.43 Å². The van der Waals surface area contributed by atoms with Gasteiger partial charge in [-0.3, -0.25) is 10.8 Å². The third-order valence-corrected chi connectivity index (χ3v) is 3.57. The van der Waals surface area contributed by atoms with Crippen LogP contribution in [0.25, 0.3) is 0 Å². The molecule has 1 aromatic carbocycles. The number of hydrogen-bond acceptors (Lipinski definition) is 4. The maximum atomic E-state index is 6.20. The van der Waals surface area contributed by atoms with Crippen molar-refractivity contribution in [2.75, 3.05) is 7.11 Å². The lowest BCUT2D eigenvalue weighted by Crippen LogP contribution is -2.30. The van der Waals surface area contributed by atoms with Crippen molar-refractivity contribution < 1.29 is 4.74 Å². The smallest absolute Gasteiger partial charge is 0.119 e. The van der Waals surface area contributed by atoms with Crippen LogP contribution in [-0.2, 0) is 0 Å². The highest BCUT2D eigenvalue weighted by molar-refractivity contribution is 6.34. The van der Waals surface area contributed by atoms with E-state index in [-0.39, 0.29) is 6.04 Å². The number of aryl methyl sites for hydroxylation is 1. The first-order chi connectivity index (χ1) is 9.56. The maximum Gasteiger partial charge on any atom is 0.119 e. The van der Waals surface area contributed by atoms with E-state index in [1.54, 1.807) is 19.4 Å². The van der Waals surface area contributed by atoms with Crippen molar-refractivity contribution in [1.29, 1.82) is 0 Å². The molecule has 0 aliphatic rings. The molecule has 0 radical (unpaired) electrons. The van der Waals surface area contributed by atoms with Gasteiger partial charge in [0.25, 0.3) is 0 Å². The summed E-state index contributed by atoms with van der Waals surface area (Å²) >= 11 is 12.1. The Kier molecular flexibility index (Phi) is 4.83. The molecule has 6 heteroatoms. The van der Waals surface area contributed by atoms with Gasteiger partial charge in [-0.2, -0.15) is 0 Å². The first-order valence-electron chi connectivity index (χ1n) is 5.98. The highest BCUT2D eigenvalue weighted by Gasteiger charge is 2.19. The highest BCUT2D eigenvalue weighted by Crippen LogP contribution is 2.30. The predicted molar refractivity (Wildman–Crippen MR) is 81.2 cm³/mol. The zero-order valence-corrected chi connectivity index (χ0v) is 12.7. The Balaban J connectivity index is 2.47. The van der Waals surface area contributed by atoms with Crippen LogP contribution < -0.4 is 16.0 Å². The second-order valence-corrected chi connectivity index (χ2v) is 5.19. The first-order valence-corrected chi connectivity index (χ1v) is 6.74. The molecule has 0 bridgehead atoms.